The van der Waals surface area contributed by atoms with Crippen LogP contribution in [0.15, 0.2) is 66.9 Å². The lowest BCUT2D eigenvalue weighted by molar-refractivity contribution is -0.114. The third-order valence-corrected chi connectivity index (χ3v) is 3.98. The minimum atomic E-state index is -0.0418. The van der Waals surface area contributed by atoms with Crippen LogP contribution in [-0.4, -0.2) is 22.4 Å². The number of nitrogens with one attached hydrogen (secondary N) is 1. The minimum absolute atomic E-state index is 0.0418. The maximum absolute atomic E-state index is 12.2. The number of hydrogen-bond acceptors (Lipinski definition) is 4. The molecular formula is C19H16N4O. The Morgan fingerprint density at radius 3 is 2.58 bits per heavy atom. The number of fused-ring (bicyclic) bond motifs is 1. The molecule has 0 spiro atoms. The van der Waals surface area contributed by atoms with Gasteiger partial charge in [0, 0.05) is 24.0 Å². The van der Waals surface area contributed by atoms with Gasteiger partial charge in [0.05, 0.1) is 6.54 Å². The highest BCUT2D eigenvalue weighted by molar-refractivity contribution is 5.95. The second-order valence-corrected chi connectivity index (χ2v) is 5.67. The van der Waals surface area contributed by atoms with Gasteiger partial charge in [0.2, 0.25) is 5.91 Å². The molecule has 2 heterocycles. The maximum Gasteiger partial charge on any atom is 0.243 e. The number of hydrogen-bond donors (Lipinski definition) is 1. The average Bonchev–Trinajstić information content (AvgIpc) is 2.80. The van der Waals surface area contributed by atoms with Gasteiger partial charge in [-0.3, -0.25) is 4.79 Å². The minimum Gasteiger partial charge on any atom is -0.343 e. The molecule has 0 saturated heterocycles. The summed E-state index contributed by atoms with van der Waals surface area (Å²) in [5.74, 6) is 1.36. The molecule has 5 heteroatoms. The van der Waals surface area contributed by atoms with E-state index in [0.29, 0.717) is 12.4 Å². The molecule has 1 aliphatic rings. The summed E-state index contributed by atoms with van der Waals surface area (Å²) in [5.41, 5.74) is 2.89. The van der Waals surface area contributed by atoms with E-state index in [2.05, 4.69) is 15.3 Å². The van der Waals surface area contributed by atoms with Crippen molar-refractivity contribution in [2.75, 3.05) is 16.8 Å². The monoisotopic (exact) mass is 316 g/mol. The van der Waals surface area contributed by atoms with Crippen molar-refractivity contribution in [3.63, 3.8) is 0 Å². The molecule has 3 aromatic rings. The Morgan fingerprint density at radius 1 is 0.917 bits per heavy atom. The van der Waals surface area contributed by atoms with Crippen LogP contribution in [0.5, 0.6) is 0 Å². The maximum atomic E-state index is 12.2. The Labute approximate surface area is 140 Å². The highest BCUT2D eigenvalue weighted by Crippen LogP contribution is 2.24. The fraction of sp³-hybridized carbons (Fsp3) is 0.105. The second kappa shape index (κ2) is 6.12. The molecule has 1 aromatic heterocycles. The van der Waals surface area contributed by atoms with Crippen LogP contribution in [0.4, 0.5) is 11.5 Å². The van der Waals surface area contributed by atoms with Crippen molar-refractivity contribution in [2.24, 2.45) is 0 Å². The predicted octanol–water partition coefficient (Wildman–Crippen LogP) is 3.10. The van der Waals surface area contributed by atoms with E-state index >= 15 is 0 Å². The normalized spacial score (nSPS) is 13.8. The summed E-state index contributed by atoms with van der Waals surface area (Å²) < 4.78 is 0. The molecule has 24 heavy (non-hydrogen) atoms. The van der Waals surface area contributed by atoms with Crippen molar-refractivity contribution in [1.82, 2.24) is 9.97 Å². The summed E-state index contributed by atoms with van der Waals surface area (Å²) in [6.45, 7) is 0.889. The van der Waals surface area contributed by atoms with Crippen molar-refractivity contribution in [2.45, 2.75) is 6.54 Å². The summed E-state index contributed by atoms with van der Waals surface area (Å²) in [5, 5.41) is 2.94. The Bertz CT molecular complexity index is 879. The fourth-order valence-electron chi connectivity index (χ4n) is 2.82. The van der Waals surface area contributed by atoms with Crippen LogP contribution in [0.2, 0.25) is 0 Å². The third-order valence-electron chi connectivity index (χ3n) is 3.98. The molecule has 0 saturated carbocycles. The molecule has 1 aliphatic heterocycles. The number of aromatic nitrogens is 2. The van der Waals surface area contributed by atoms with E-state index in [9.17, 15) is 4.79 Å². The SMILES string of the molecule is O=C1CN(c2ccnc(-c3ccccc3)n2)Cc2ccccc2N1. The first-order valence-electron chi connectivity index (χ1n) is 7.81. The highest BCUT2D eigenvalue weighted by Gasteiger charge is 2.20. The van der Waals surface area contributed by atoms with Crippen LogP contribution in [0, 0.1) is 0 Å². The Balaban J connectivity index is 1.70. The van der Waals surface area contributed by atoms with Crippen LogP contribution < -0.4 is 10.2 Å². The zero-order valence-electron chi connectivity index (χ0n) is 13.0. The molecule has 5 nitrogen and oxygen atoms in total. The van der Waals surface area contributed by atoms with E-state index in [4.69, 9.17) is 0 Å². The van der Waals surface area contributed by atoms with E-state index in [0.717, 1.165) is 22.6 Å². The van der Waals surface area contributed by atoms with Crippen molar-refractivity contribution < 1.29 is 4.79 Å². The zero-order valence-corrected chi connectivity index (χ0v) is 13.0. The molecule has 2 aromatic carbocycles. The van der Waals surface area contributed by atoms with Crippen LogP contribution in [0.3, 0.4) is 0 Å². The standard InChI is InChI=1S/C19H16N4O/c24-18-13-23(12-15-8-4-5-9-16(15)21-18)17-10-11-20-19(22-17)14-6-2-1-3-7-14/h1-11H,12-13H2,(H,21,24). The van der Waals surface area contributed by atoms with Gasteiger partial charge in [-0.1, -0.05) is 48.5 Å². The van der Waals surface area contributed by atoms with Gasteiger partial charge < -0.3 is 10.2 Å². The number of para-hydroxylation sites is 1. The van der Waals surface area contributed by atoms with Crippen molar-refractivity contribution in [3.05, 3.63) is 72.4 Å². The van der Waals surface area contributed by atoms with Gasteiger partial charge in [-0.25, -0.2) is 9.97 Å². The van der Waals surface area contributed by atoms with E-state index < -0.39 is 0 Å². The first kappa shape index (κ1) is 14.4. The van der Waals surface area contributed by atoms with E-state index in [1.807, 2.05) is 65.6 Å². The summed E-state index contributed by atoms with van der Waals surface area (Å²) in [4.78, 5) is 23.2. The Hall–Kier alpha value is -3.21. The lowest BCUT2D eigenvalue weighted by atomic mass is 10.1. The van der Waals surface area contributed by atoms with Gasteiger partial charge >= 0.3 is 0 Å². The molecule has 1 N–H and O–H groups in total. The predicted molar refractivity (Wildman–Crippen MR) is 93.6 cm³/mol. The van der Waals surface area contributed by atoms with Gasteiger partial charge in [-0.2, -0.15) is 0 Å². The zero-order chi connectivity index (χ0) is 16.4. The number of rotatable bonds is 2. The smallest absolute Gasteiger partial charge is 0.243 e. The lowest BCUT2D eigenvalue weighted by Gasteiger charge is -2.20. The van der Waals surface area contributed by atoms with Crippen molar-refractivity contribution in [3.8, 4) is 11.4 Å². The molecule has 0 radical (unpaired) electrons. The number of anilines is 2. The van der Waals surface area contributed by atoms with Crippen molar-refractivity contribution in [1.29, 1.82) is 0 Å². The lowest BCUT2D eigenvalue weighted by Crippen LogP contribution is -2.30. The highest BCUT2D eigenvalue weighted by atomic mass is 16.2. The Kier molecular flexibility index (Phi) is 3.67. The molecule has 1 amide bonds. The first-order chi connectivity index (χ1) is 11.8. The molecule has 4 rings (SSSR count). The van der Waals surface area contributed by atoms with Crippen LogP contribution in [0.25, 0.3) is 11.4 Å². The molecule has 118 valence electrons. The number of amides is 1. The molecule has 0 atom stereocenters. The number of benzene rings is 2. The van der Waals surface area contributed by atoms with E-state index in [1.54, 1.807) is 6.20 Å². The van der Waals surface area contributed by atoms with E-state index in [-0.39, 0.29) is 12.5 Å². The third kappa shape index (κ3) is 2.84. The number of carbonyl (C=O) groups excluding carboxylic acids is 1. The van der Waals surface area contributed by atoms with Crippen LogP contribution in [-0.2, 0) is 11.3 Å². The second-order valence-electron chi connectivity index (χ2n) is 5.67. The quantitative estimate of drug-likeness (QED) is 0.789. The average molecular weight is 316 g/mol. The van der Waals surface area contributed by atoms with Crippen LogP contribution in [0.1, 0.15) is 5.56 Å². The van der Waals surface area contributed by atoms with Gasteiger partial charge in [-0.05, 0) is 17.7 Å². The first-order valence-corrected chi connectivity index (χ1v) is 7.81. The van der Waals surface area contributed by atoms with Gasteiger partial charge in [0.15, 0.2) is 5.82 Å². The molecular weight excluding hydrogens is 300 g/mol. The van der Waals surface area contributed by atoms with Crippen LogP contribution >= 0.6 is 0 Å². The van der Waals surface area contributed by atoms with Gasteiger partial charge in [0.25, 0.3) is 0 Å². The Morgan fingerprint density at radius 2 is 1.71 bits per heavy atom. The molecule has 0 fully saturated rings. The summed E-state index contributed by atoms with van der Waals surface area (Å²) in [7, 11) is 0. The fourth-order valence-corrected chi connectivity index (χ4v) is 2.82. The largest absolute Gasteiger partial charge is 0.343 e. The number of nitrogens with zero attached hydrogens (tertiary/aromatic N) is 3. The molecule has 0 aliphatic carbocycles. The van der Waals surface area contributed by atoms with Gasteiger partial charge in [-0.15, -0.1) is 0 Å². The topological polar surface area (TPSA) is 58.1 Å². The number of carbonyl (C=O) groups is 1. The molecule has 0 unspecified atom stereocenters. The summed E-state index contributed by atoms with van der Waals surface area (Å²) >= 11 is 0. The van der Waals surface area contributed by atoms with Gasteiger partial charge in [0.1, 0.15) is 5.82 Å². The molecule has 0 bridgehead atoms. The van der Waals surface area contributed by atoms with Crippen molar-refractivity contribution >= 4 is 17.4 Å². The van der Waals surface area contributed by atoms with E-state index in [1.165, 1.54) is 0 Å². The summed E-state index contributed by atoms with van der Waals surface area (Å²) in [6, 6.07) is 19.5. The summed E-state index contributed by atoms with van der Waals surface area (Å²) in [6.07, 6.45) is 1.74.